The first kappa shape index (κ1) is 39.0. The maximum absolute atomic E-state index is 6.42. The highest BCUT2D eigenvalue weighted by molar-refractivity contribution is 5.95. The van der Waals surface area contributed by atoms with Crippen LogP contribution in [0, 0.1) is 6.92 Å². The largest absolute Gasteiger partial charge is 0.488 e. The van der Waals surface area contributed by atoms with Crippen LogP contribution >= 0.6 is 0 Å². The van der Waals surface area contributed by atoms with E-state index in [0.717, 1.165) is 56.3 Å². The van der Waals surface area contributed by atoms with Crippen molar-refractivity contribution in [3.05, 3.63) is 94.8 Å². The molecule has 0 unspecified atom stereocenters. The zero-order chi connectivity index (χ0) is 42.1. The normalized spacial score (nSPS) is 16.2. The molecule has 3 saturated carbocycles. The van der Waals surface area contributed by atoms with Crippen LogP contribution in [0.2, 0.25) is 0 Å². The number of nitrogens with one attached hydrogen (secondary N) is 7. The zero-order valence-electron chi connectivity index (χ0n) is 35.5. The van der Waals surface area contributed by atoms with Gasteiger partial charge in [0.1, 0.15) is 17.5 Å². The fraction of sp³-hybridized carbons (Fsp3) is 0.413. The first-order chi connectivity index (χ1) is 31.1. The molecule has 11 rings (SSSR count). The number of nitrogens with zero attached hydrogens (tertiary/aromatic N) is 9. The van der Waals surface area contributed by atoms with E-state index in [1.807, 2.05) is 25.1 Å². The van der Waals surface area contributed by atoms with E-state index in [1.165, 1.54) is 82.7 Å². The average molecular weight is 845 g/mol. The van der Waals surface area contributed by atoms with E-state index in [9.17, 15) is 0 Å². The number of H-pyrrole nitrogens is 4. The fourth-order valence-corrected chi connectivity index (χ4v) is 9.93. The Morgan fingerprint density at radius 2 is 1.25 bits per heavy atom. The van der Waals surface area contributed by atoms with Gasteiger partial charge < -0.3 is 20.7 Å². The Morgan fingerprint density at radius 1 is 0.635 bits per heavy atom. The van der Waals surface area contributed by atoms with Crippen LogP contribution in [-0.4, -0.2) is 72.3 Å². The number of fused-ring (bicyclic) bond motifs is 2. The van der Waals surface area contributed by atoms with Crippen LogP contribution in [0.15, 0.2) is 54.9 Å². The van der Waals surface area contributed by atoms with Gasteiger partial charge in [0.15, 0.2) is 34.7 Å². The second-order valence-electron chi connectivity index (χ2n) is 17.4. The van der Waals surface area contributed by atoms with Gasteiger partial charge in [0, 0.05) is 71.0 Å². The molecular weight excluding hydrogens is 793 g/mol. The molecule has 0 aliphatic heterocycles. The lowest BCUT2D eigenvalue weighted by molar-refractivity contribution is 0.321. The summed E-state index contributed by atoms with van der Waals surface area (Å²) in [5.41, 5.74) is 7.64. The molecule has 322 valence electrons. The molecule has 0 amide bonds. The van der Waals surface area contributed by atoms with Crippen LogP contribution in [0.1, 0.15) is 135 Å². The lowest BCUT2D eigenvalue weighted by Crippen LogP contribution is -2.08. The number of aromatic amines is 4. The number of aromatic nitrogens is 13. The van der Waals surface area contributed by atoms with Crippen molar-refractivity contribution in [2.45, 2.75) is 115 Å². The summed E-state index contributed by atoms with van der Waals surface area (Å²) in [6, 6.07) is 14.5. The molecule has 3 aliphatic carbocycles. The molecule has 0 atom stereocenters. The van der Waals surface area contributed by atoms with Crippen LogP contribution in [0.5, 0.6) is 5.75 Å². The molecule has 7 heterocycles. The van der Waals surface area contributed by atoms with Crippen molar-refractivity contribution < 1.29 is 4.74 Å². The van der Waals surface area contributed by atoms with E-state index in [4.69, 9.17) is 19.8 Å². The number of pyridine rings is 1. The Hall–Kier alpha value is -6.91. The maximum Gasteiger partial charge on any atom is 0.183 e. The van der Waals surface area contributed by atoms with Crippen molar-refractivity contribution in [2.24, 2.45) is 0 Å². The number of benzene rings is 1. The first-order valence-corrected chi connectivity index (χ1v) is 22.6. The van der Waals surface area contributed by atoms with Gasteiger partial charge in [-0.15, -0.1) is 0 Å². The Labute approximate surface area is 363 Å². The Kier molecular flexibility index (Phi) is 10.6. The predicted molar refractivity (Wildman–Crippen MR) is 241 cm³/mol. The number of anilines is 6. The fourth-order valence-electron chi connectivity index (χ4n) is 9.93. The Balaban J connectivity index is 0.875. The average Bonchev–Trinajstić information content (AvgIpc) is 4.14. The lowest BCUT2D eigenvalue weighted by Gasteiger charge is -2.15. The molecular formula is C46H52N16O. The molecule has 0 bridgehead atoms. The summed E-state index contributed by atoms with van der Waals surface area (Å²) < 4.78 is 6.42. The minimum absolute atomic E-state index is 0.366. The van der Waals surface area contributed by atoms with Gasteiger partial charge in [0.2, 0.25) is 0 Å². The van der Waals surface area contributed by atoms with Crippen LogP contribution in [0.25, 0.3) is 21.9 Å². The van der Waals surface area contributed by atoms with Crippen molar-refractivity contribution in [1.82, 2.24) is 65.7 Å². The summed E-state index contributed by atoms with van der Waals surface area (Å²) in [5.74, 6) is 6.81. The van der Waals surface area contributed by atoms with E-state index in [-0.39, 0.29) is 0 Å². The summed E-state index contributed by atoms with van der Waals surface area (Å²) in [6.07, 6.45) is 19.1. The summed E-state index contributed by atoms with van der Waals surface area (Å²) in [5, 5.41) is 43.8. The molecule has 3 fully saturated rings. The molecule has 7 N–H and O–H groups in total. The van der Waals surface area contributed by atoms with Gasteiger partial charge in [-0.2, -0.15) is 20.4 Å². The number of hydrogen-bond acceptors (Lipinski definition) is 13. The molecule has 8 aromatic rings. The highest BCUT2D eigenvalue weighted by Gasteiger charge is 2.24. The minimum Gasteiger partial charge on any atom is -0.488 e. The van der Waals surface area contributed by atoms with Crippen molar-refractivity contribution in [2.75, 3.05) is 22.6 Å². The van der Waals surface area contributed by atoms with Crippen molar-refractivity contribution >= 4 is 56.7 Å². The van der Waals surface area contributed by atoms with E-state index in [2.05, 4.69) is 90.9 Å². The second kappa shape index (κ2) is 17.1. The highest BCUT2D eigenvalue weighted by atomic mass is 16.5. The molecule has 17 heteroatoms. The van der Waals surface area contributed by atoms with Crippen LogP contribution in [0.4, 0.5) is 34.8 Å². The van der Waals surface area contributed by atoms with Gasteiger partial charge in [0.05, 0.1) is 41.5 Å². The number of ether oxygens (including phenoxy) is 1. The molecule has 0 spiro atoms. The van der Waals surface area contributed by atoms with Gasteiger partial charge in [-0.1, -0.05) is 50.7 Å². The molecule has 7 aromatic heterocycles. The van der Waals surface area contributed by atoms with Gasteiger partial charge >= 0.3 is 0 Å². The Bertz CT molecular complexity index is 2860. The predicted octanol–water partition coefficient (Wildman–Crippen LogP) is 9.58. The van der Waals surface area contributed by atoms with Crippen LogP contribution in [0.3, 0.4) is 0 Å². The van der Waals surface area contributed by atoms with E-state index < -0.39 is 0 Å². The van der Waals surface area contributed by atoms with Gasteiger partial charge in [-0.25, -0.2) is 24.9 Å². The number of hydrogen-bond donors (Lipinski definition) is 7. The molecule has 0 radical (unpaired) electrons. The highest BCUT2D eigenvalue weighted by Crippen LogP contribution is 2.38. The van der Waals surface area contributed by atoms with Crippen molar-refractivity contribution in [3.63, 3.8) is 0 Å². The van der Waals surface area contributed by atoms with Crippen molar-refractivity contribution in [1.29, 1.82) is 0 Å². The van der Waals surface area contributed by atoms with Crippen molar-refractivity contribution in [3.8, 4) is 5.75 Å². The van der Waals surface area contributed by atoms with Crippen LogP contribution < -0.4 is 20.7 Å². The SMILES string of the molecule is Cc1ncc(OCCc2cccc3nc(Cc4[nH]nc5nccc(Nc6cc(C7CCCC7)[nH]n6)c45)nc(Nc4cc(C5CCCC5)[nH]n4)c23)c(Nc2cc(C3CCCC3)[nH]n2)n1. The van der Waals surface area contributed by atoms with Gasteiger partial charge in [-0.3, -0.25) is 20.4 Å². The standard InChI is InChI=1S/C46H52N16O/c1-26-48-25-37(44(49-26)53-40-22-34(56-60-40)28-11-4-5-12-28)63-20-18-30-15-8-16-31-42(30)46(54-41-23-35(57-61-41)29-13-6-7-14-29)52-38(50-31)24-36-43-32(17-19-47-45(43)62-58-36)51-39-21-33(55-59-39)27-9-2-3-10-27/h8,15-17,19,21-23,25,27-29H,2-7,9-14,18,20,24H2,1H3,(H2,48,49,53,56,60)(H2,50,52,54,57,61)(H3,47,51,55,58,59,62). The molecule has 3 aliphatic rings. The molecule has 0 saturated heterocycles. The van der Waals surface area contributed by atoms with E-state index in [0.29, 0.717) is 77.7 Å². The quantitative estimate of drug-likeness (QED) is 0.0511. The zero-order valence-corrected chi connectivity index (χ0v) is 35.5. The molecule has 17 nitrogen and oxygen atoms in total. The molecule has 63 heavy (non-hydrogen) atoms. The lowest BCUT2D eigenvalue weighted by atomic mass is 10.0. The third kappa shape index (κ3) is 8.26. The van der Waals surface area contributed by atoms with E-state index >= 15 is 0 Å². The monoisotopic (exact) mass is 844 g/mol. The maximum atomic E-state index is 6.42. The van der Waals surface area contributed by atoms with E-state index in [1.54, 1.807) is 12.4 Å². The summed E-state index contributed by atoms with van der Waals surface area (Å²) in [7, 11) is 0. The number of rotatable bonds is 15. The molecule has 1 aromatic carbocycles. The Morgan fingerprint density at radius 3 is 1.90 bits per heavy atom. The van der Waals surface area contributed by atoms with Gasteiger partial charge in [0.25, 0.3) is 0 Å². The number of aryl methyl sites for hydroxylation is 1. The minimum atomic E-state index is 0.366. The topological polar surface area (TPSA) is 224 Å². The third-order valence-corrected chi connectivity index (χ3v) is 13.2. The second-order valence-corrected chi connectivity index (χ2v) is 17.4. The summed E-state index contributed by atoms with van der Waals surface area (Å²) in [6.45, 7) is 2.23. The van der Waals surface area contributed by atoms with Gasteiger partial charge in [-0.05, 0) is 63.1 Å². The van der Waals surface area contributed by atoms with Crippen LogP contribution in [-0.2, 0) is 12.8 Å². The smallest absolute Gasteiger partial charge is 0.183 e. The first-order valence-electron chi connectivity index (χ1n) is 22.6. The summed E-state index contributed by atoms with van der Waals surface area (Å²) in [4.78, 5) is 24.1. The third-order valence-electron chi connectivity index (χ3n) is 13.2. The summed E-state index contributed by atoms with van der Waals surface area (Å²) >= 11 is 0.